The van der Waals surface area contributed by atoms with Gasteiger partial charge in [0.25, 0.3) is 5.91 Å². The van der Waals surface area contributed by atoms with Crippen molar-refractivity contribution in [3.8, 4) is 0 Å². The number of thiazole rings is 1. The number of methoxy groups -OCH3 is 2. The second kappa shape index (κ2) is 4.90. The third-order valence-electron chi connectivity index (χ3n) is 2.59. The number of hydrogen-bond acceptors (Lipinski definition) is 5. The maximum atomic E-state index is 12.0. The number of rotatable bonds is 4. The van der Waals surface area contributed by atoms with Crippen molar-refractivity contribution in [2.24, 2.45) is 0 Å². The number of carbonyl (C=O) groups is 1. The Kier molecular flexibility index (Phi) is 3.52. The van der Waals surface area contributed by atoms with Crippen molar-refractivity contribution in [3.05, 3.63) is 16.1 Å². The molecule has 0 unspecified atom stereocenters. The molecule has 1 aromatic rings. The van der Waals surface area contributed by atoms with E-state index in [0.717, 1.165) is 5.69 Å². The van der Waals surface area contributed by atoms with Gasteiger partial charge >= 0.3 is 0 Å². The number of ether oxygens (including phenoxy) is 2. The Balaban J connectivity index is 2.01. The lowest BCUT2D eigenvalue weighted by Crippen LogP contribution is -2.54. The molecular formula is C10H14N2O3S. The van der Waals surface area contributed by atoms with Crippen LogP contribution in [0.4, 0.5) is 0 Å². The first-order valence-corrected chi connectivity index (χ1v) is 5.87. The lowest BCUT2D eigenvalue weighted by Gasteiger charge is -2.37. The summed E-state index contributed by atoms with van der Waals surface area (Å²) in [5, 5.41) is 0. The van der Waals surface area contributed by atoms with E-state index in [9.17, 15) is 4.79 Å². The predicted molar refractivity (Wildman–Crippen MR) is 59.5 cm³/mol. The Morgan fingerprint density at radius 1 is 1.62 bits per heavy atom. The van der Waals surface area contributed by atoms with E-state index in [2.05, 4.69) is 4.98 Å². The van der Waals surface area contributed by atoms with Gasteiger partial charge in [0, 0.05) is 27.3 Å². The van der Waals surface area contributed by atoms with Crippen molar-refractivity contribution in [3.63, 3.8) is 0 Å². The summed E-state index contributed by atoms with van der Waals surface area (Å²) in [5.41, 5.74) is 2.40. The minimum absolute atomic E-state index is 0.0304. The van der Waals surface area contributed by atoms with Crippen molar-refractivity contribution in [1.82, 2.24) is 9.88 Å². The highest BCUT2D eigenvalue weighted by Gasteiger charge is 2.32. The van der Waals surface area contributed by atoms with Gasteiger partial charge in [-0.05, 0) is 0 Å². The topological polar surface area (TPSA) is 51.7 Å². The maximum Gasteiger partial charge on any atom is 0.266 e. The van der Waals surface area contributed by atoms with Gasteiger partial charge in [0.2, 0.25) is 0 Å². The summed E-state index contributed by atoms with van der Waals surface area (Å²) >= 11 is 1.36. The van der Waals surface area contributed by atoms with E-state index in [-0.39, 0.29) is 12.0 Å². The van der Waals surface area contributed by atoms with Crippen LogP contribution in [0.3, 0.4) is 0 Å². The van der Waals surface area contributed by atoms with Crippen LogP contribution in [0, 0.1) is 0 Å². The first-order chi connectivity index (χ1) is 7.76. The number of carbonyl (C=O) groups excluding carboxylic acids is 1. The predicted octanol–water partition coefficient (Wildman–Crippen LogP) is 0.760. The molecule has 5 nitrogen and oxygen atoms in total. The van der Waals surface area contributed by atoms with E-state index in [0.29, 0.717) is 24.6 Å². The molecule has 0 bridgehead atoms. The summed E-state index contributed by atoms with van der Waals surface area (Å²) < 4.78 is 10.1. The molecule has 0 atom stereocenters. The zero-order chi connectivity index (χ0) is 11.5. The van der Waals surface area contributed by atoms with Crippen LogP contribution in [-0.2, 0) is 16.1 Å². The second-order valence-electron chi connectivity index (χ2n) is 3.63. The van der Waals surface area contributed by atoms with Gasteiger partial charge in [-0.1, -0.05) is 0 Å². The summed E-state index contributed by atoms with van der Waals surface area (Å²) in [6.45, 7) is 1.71. The van der Waals surface area contributed by atoms with Crippen molar-refractivity contribution in [1.29, 1.82) is 0 Å². The average Bonchev–Trinajstić information content (AvgIpc) is 2.65. The highest BCUT2D eigenvalue weighted by molar-refractivity contribution is 7.11. The van der Waals surface area contributed by atoms with Crippen molar-refractivity contribution in [2.75, 3.05) is 27.3 Å². The molecule has 1 amide bonds. The highest BCUT2D eigenvalue weighted by atomic mass is 32.1. The van der Waals surface area contributed by atoms with Crippen LogP contribution in [0.5, 0.6) is 0 Å². The van der Waals surface area contributed by atoms with Crippen molar-refractivity contribution < 1.29 is 14.3 Å². The third kappa shape index (κ3) is 2.09. The Bertz CT molecular complexity index is 374. The number of nitrogens with zero attached hydrogens (tertiary/aromatic N) is 2. The first kappa shape index (κ1) is 11.5. The molecule has 0 spiro atoms. The molecule has 0 radical (unpaired) electrons. The van der Waals surface area contributed by atoms with E-state index in [4.69, 9.17) is 9.47 Å². The molecule has 1 aliphatic rings. The van der Waals surface area contributed by atoms with Gasteiger partial charge < -0.3 is 14.4 Å². The highest BCUT2D eigenvalue weighted by Crippen LogP contribution is 2.21. The van der Waals surface area contributed by atoms with Crippen LogP contribution in [0.2, 0.25) is 0 Å². The Morgan fingerprint density at radius 2 is 2.38 bits per heavy atom. The minimum Gasteiger partial charge on any atom is -0.378 e. The molecule has 1 aliphatic heterocycles. The first-order valence-electron chi connectivity index (χ1n) is 4.99. The molecule has 0 N–H and O–H groups in total. The molecule has 1 fully saturated rings. The molecule has 1 aromatic heterocycles. The fraction of sp³-hybridized carbons (Fsp3) is 0.600. The van der Waals surface area contributed by atoms with Gasteiger partial charge in [0.15, 0.2) is 0 Å². The SMILES string of the molecule is COCc1ncsc1C(=O)N1CC(OC)C1. The summed E-state index contributed by atoms with van der Waals surface area (Å²) in [6, 6.07) is 0. The fourth-order valence-corrected chi connectivity index (χ4v) is 2.34. The number of hydrogen-bond donors (Lipinski definition) is 0. The molecule has 88 valence electrons. The van der Waals surface area contributed by atoms with Gasteiger partial charge in [0.1, 0.15) is 4.88 Å². The summed E-state index contributed by atoms with van der Waals surface area (Å²) in [5.74, 6) is 0.0304. The largest absolute Gasteiger partial charge is 0.378 e. The van der Waals surface area contributed by atoms with Crippen molar-refractivity contribution >= 4 is 17.2 Å². The second-order valence-corrected chi connectivity index (χ2v) is 4.48. The summed E-state index contributed by atoms with van der Waals surface area (Å²) in [6.07, 6.45) is 0.183. The van der Waals surface area contributed by atoms with E-state index in [1.165, 1.54) is 11.3 Å². The quantitative estimate of drug-likeness (QED) is 0.782. The zero-order valence-corrected chi connectivity index (χ0v) is 10.1. The summed E-state index contributed by atoms with van der Waals surface area (Å²) in [7, 11) is 3.26. The van der Waals surface area contributed by atoms with Gasteiger partial charge in [0.05, 0.1) is 23.9 Å². The van der Waals surface area contributed by atoms with E-state index >= 15 is 0 Å². The smallest absolute Gasteiger partial charge is 0.266 e. The van der Waals surface area contributed by atoms with Crippen LogP contribution in [-0.4, -0.2) is 49.2 Å². The Labute approximate surface area is 98.0 Å². The molecule has 0 saturated carbocycles. The van der Waals surface area contributed by atoms with E-state index in [1.54, 1.807) is 24.6 Å². The van der Waals surface area contributed by atoms with E-state index in [1.807, 2.05) is 0 Å². The maximum absolute atomic E-state index is 12.0. The van der Waals surface area contributed by atoms with Crippen LogP contribution in [0.25, 0.3) is 0 Å². The molecule has 1 saturated heterocycles. The van der Waals surface area contributed by atoms with Crippen LogP contribution in [0.15, 0.2) is 5.51 Å². The molecule has 6 heteroatoms. The van der Waals surface area contributed by atoms with E-state index < -0.39 is 0 Å². The third-order valence-corrected chi connectivity index (χ3v) is 3.44. The van der Waals surface area contributed by atoms with Gasteiger partial charge in [-0.25, -0.2) is 4.98 Å². The fourth-order valence-electron chi connectivity index (χ4n) is 1.58. The van der Waals surface area contributed by atoms with Gasteiger partial charge in [-0.3, -0.25) is 4.79 Å². The van der Waals surface area contributed by atoms with Crippen molar-refractivity contribution in [2.45, 2.75) is 12.7 Å². The molecule has 2 heterocycles. The standard InChI is InChI=1S/C10H14N2O3S/c1-14-5-8-9(16-6-11-8)10(13)12-3-7(4-12)15-2/h6-7H,3-5H2,1-2H3. The minimum atomic E-state index is 0.0304. The Hall–Kier alpha value is -0.980. The number of aromatic nitrogens is 1. The normalized spacial score (nSPS) is 16.2. The monoisotopic (exact) mass is 242 g/mol. The van der Waals surface area contributed by atoms with Crippen LogP contribution < -0.4 is 0 Å². The zero-order valence-electron chi connectivity index (χ0n) is 9.30. The molecule has 2 rings (SSSR count). The lowest BCUT2D eigenvalue weighted by molar-refractivity contribution is -0.0191. The molecular weight excluding hydrogens is 228 g/mol. The molecule has 0 aliphatic carbocycles. The van der Waals surface area contributed by atoms with Crippen LogP contribution >= 0.6 is 11.3 Å². The summed E-state index contributed by atoms with van der Waals surface area (Å²) in [4.78, 5) is 18.6. The number of likely N-dealkylation sites (tertiary alicyclic amines) is 1. The van der Waals surface area contributed by atoms with Gasteiger partial charge in [-0.15, -0.1) is 11.3 Å². The average molecular weight is 242 g/mol. The molecule has 16 heavy (non-hydrogen) atoms. The lowest BCUT2D eigenvalue weighted by atomic mass is 10.1. The van der Waals surface area contributed by atoms with Gasteiger partial charge in [-0.2, -0.15) is 0 Å². The van der Waals surface area contributed by atoms with Crippen LogP contribution in [0.1, 0.15) is 15.4 Å². The Morgan fingerprint density at radius 3 is 3.00 bits per heavy atom. The molecule has 0 aromatic carbocycles. The number of amides is 1.